The number of hydrogen-bond donors (Lipinski definition) is 2. The van der Waals surface area contributed by atoms with Crippen molar-refractivity contribution in [3.8, 4) is 0 Å². The Labute approximate surface area is 64.6 Å². The Hall–Kier alpha value is -0.900. The van der Waals surface area contributed by atoms with Crippen molar-refractivity contribution in [2.24, 2.45) is 5.92 Å². The average Bonchev–Trinajstić information content (AvgIpc) is 2.55. The minimum absolute atomic E-state index is 0.382. The van der Waals surface area contributed by atoms with Gasteiger partial charge < -0.3 is 5.11 Å². The third-order valence-electron chi connectivity index (χ3n) is 2.42. The van der Waals surface area contributed by atoms with Crippen LogP contribution in [-0.4, -0.2) is 20.5 Å². The van der Waals surface area contributed by atoms with Crippen LogP contribution < -0.4 is 0 Å². The van der Waals surface area contributed by atoms with Crippen LogP contribution in [0.5, 0.6) is 0 Å². The second kappa shape index (κ2) is 2.04. The molecule has 2 N–H and O–H groups in total. The second-order valence-electron chi connectivity index (χ2n) is 3.09. The van der Waals surface area contributed by atoms with Crippen molar-refractivity contribution in [3.05, 3.63) is 11.9 Å². The number of aliphatic hydroxyl groups is 1. The Bertz CT molecular complexity index is 246. The summed E-state index contributed by atoms with van der Waals surface area (Å²) in [6.45, 7) is 2.07. The van der Waals surface area contributed by atoms with Crippen molar-refractivity contribution in [1.82, 2.24) is 15.4 Å². The highest BCUT2D eigenvalue weighted by Crippen LogP contribution is 2.52. The molecule has 1 heterocycles. The van der Waals surface area contributed by atoms with Gasteiger partial charge in [0.15, 0.2) is 0 Å². The molecule has 1 aromatic heterocycles. The van der Waals surface area contributed by atoms with Crippen molar-refractivity contribution in [3.63, 3.8) is 0 Å². The fraction of sp³-hybridized carbons (Fsp3) is 0.714. The van der Waals surface area contributed by atoms with E-state index in [-0.39, 0.29) is 0 Å². The van der Waals surface area contributed by atoms with Gasteiger partial charge >= 0.3 is 0 Å². The van der Waals surface area contributed by atoms with E-state index in [1.165, 1.54) is 0 Å². The molecule has 1 fully saturated rings. The van der Waals surface area contributed by atoms with Gasteiger partial charge in [-0.3, -0.25) is 0 Å². The lowest BCUT2D eigenvalue weighted by Crippen LogP contribution is -2.08. The Kier molecular flexibility index (Phi) is 1.26. The first kappa shape index (κ1) is 6.79. The van der Waals surface area contributed by atoms with E-state index < -0.39 is 5.60 Å². The van der Waals surface area contributed by atoms with Gasteiger partial charge in [0.1, 0.15) is 11.3 Å². The SMILES string of the molecule is CCC1CC1(O)c1cn[nH]n1. The molecule has 0 radical (unpaired) electrons. The summed E-state index contributed by atoms with van der Waals surface area (Å²) >= 11 is 0. The quantitative estimate of drug-likeness (QED) is 0.647. The summed E-state index contributed by atoms with van der Waals surface area (Å²) in [5, 5.41) is 19.9. The van der Waals surface area contributed by atoms with E-state index in [1.54, 1.807) is 6.20 Å². The van der Waals surface area contributed by atoms with Crippen LogP contribution in [0.15, 0.2) is 6.20 Å². The monoisotopic (exact) mass is 153 g/mol. The minimum atomic E-state index is -0.665. The maximum atomic E-state index is 9.83. The summed E-state index contributed by atoms with van der Waals surface area (Å²) < 4.78 is 0. The minimum Gasteiger partial charge on any atom is -0.383 e. The molecule has 0 saturated heterocycles. The highest BCUT2D eigenvalue weighted by Gasteiger charge is 2.54. The predicted octanol–water partition coefficient (Wildman–Crippen LogP) is 0.422. The highest BCUT2D eigenvalue weighted by molar-refractivity contribution is 5.18. The first-order valence-corrected chi connectivity index (χ1v) is 3.86. The van der Waals surface area contributed by atoms with E-state index >= 15 is 0 Å². The van der Waals surface area contributed by atoms with Crippen LogP contribution in [0.4, 0.5) is 0 Å². The van der Waals surface area contributed by atoms with Gasteiger partial charge in [-0.2, -0.15) is 15.4 Å². The molecule has 2 rings (SSSR count). The lowest BCUT2D eigenvalue weighted by Gasteiger charge is -2.02. The maximum Gasteiger partial charge on any atom is 0.114 e. The number of nitrogens with zero attached hydrogens (tertiary/aromatic N) is 2. The summed E-state index contributed by atoms with van der Waals surface area (Å²) in [5.74, 6) is 0.382. The molecular formula is C7H11N3O. The third-order valence-corrected chi connectivity index (χ3v) is 2.42. The average molecular weight is 153 g/mol. The van der Waals surface area contributed by atoms with Crippen molar-refractivity contribution >= 4 is 0 Å². The smallest absolute Gasteiger partial charge is 0.114 e. The Morgan fingerprint density at radius 3 is 3.18 bits per heavy atom. The standard InChI is InChI=1S/C7H11N3O/c1-2-5-3-7(5,11)6-4-8-10-9-6/h4-5,11H,2-3H2,1H3,(H,8,9,10). The number of aromatic amines is 1. The zero-order chi connectivity index (χ0) is 7.90. The lowest BCUT2D eigenvalue weighted by molar-refractivity contribution is 0.125. The molecule has 1 aliphatic carbocycles. The first-order chi connectivity index (χ1) is 5.27. The molecular weight excluding hydrogens is 142 g/mol. The molecule has 11 heavy (non-hydrogen) atoms. The number of nitrogens with one attached hydrogen (secondary N) is 1. The summed E-state index contributed by atoms with van der Waals surface area (Å²) in [7, 11) is 0. The van der Waals surface area contributed by atoms with Crippen LogP contribution in [0.1, 0.15) is 25.5 Å². The van der Waals surface area contributed by atoms with E-state index in [1.807, 2.05) is 0 Å². The fourth-order valence-corrected chi connectivity index (χ4v) is 1.52. The summed E-state index contributed by atoms with van der Waals surface area (Å²) in [4.78, 5) is 0. The molecule has 0 aliphatic heterocycles. The topological polar surface area (TPSA) is 61.8 Å². The van der Waals surface area contributed by atoms with E-state index in [4.69, 9.17) is 0 Å². The van der Waals surface area contributed by atoms with Crippen molar-refractivity contribution < 1.29 is 5.11 Å². The van der Waals surface area contributed by atoms with E-state index in [2.05, 4.69) is 22.3 Å². The second-order valence-corrected chi connectivity index (χ2v) is 3.09. The Morgan fingerprint density at radius 1 is 1.91 bits per heavy atom. The van der Waals surface area contributed by atoms with Crippen molar-refractivity contribution in [2.75, 3.05) is 0 Å². The number of H-pyrrole nitrogens is 1. The molecule has 1 aromatic rings. The normalized spacial score (nSPS) is 35.6. The van der Waals surface area contributed by atoms with Gasteiger partial charge in [-0.1, -0.05) is 13.3 Å². The van der Waals surface area contributed by atoms with E-state index in [0.717, 1.165) is 12.8 Å². The number of hydrogen-bond acceptors (Lipinski definition) is 3. The van der Waals surface area contributed by atoms with Gasteiger partial charge in [-0.15, -0.1) is 0 Å². The number of aromatic nitrogens is 3. The Morgan fingerprint density at radius 2 is 2.73 bits per heavy atom. The number of rotatable bonds is 2. The third kappa shape index (κ3) is 0.860. The molecule has 1 saturated carbocycles. The molecule has 60 valence electrons. The lowest BCUT2D eigenvalue weighted by atomic mass is 10.2. The molecule has 4 heteroatoms. The zero-order valence-electron chi connectivity index (χ0n) is 6.41. The predicted molar refractivity (Wildman–Crippen MR) is 38.7 cm³/mol. The molecule has 0 aromatic carbocycles. The first-order valence-electron chi connectivity index (χ1n) is 3.86. The largest absolute Gasteiger partial charge is 0.383 e. The molecule has 0 bridgehead atoms. The Balaban J connectivity index is 2.19. The zero-order valence-corrected chi connectivity index (χ0v) is 6.41. The van der Waals surface area contributed by atoms with Gasteiger partial charge in [0.25, 0.3) is 0 Å². The van der Waals surface area contributed by atoms with Crippen LogP contribution in [0.2, 0.25) is 0 Å². The van der Waals surface area contributed by atoms with E-state index in [9.17, 15) is 5.11 Å². The van der Waals surface area contributed by atoms with Gasteiger partial charge in [0.2, 0.25) is 0 Å². The van der Waals surface area contributed by atoms with Gasteiger partial charge in [-0.05, 0) is 12.3 Å². The molecule has 4 nitrogen and oxygen atoms in total. The fourth-order valence-electron chi connectivity index (χ4n) is 1.52. The van der Waals surface area contributed by atoms with Gasteiger partial charge in [0, 0.05) is 0 Å². The summed E-state index contributed by atoms with van der Waals surface area (Å²) in [6.07, 6.45) is 3.43. The molecule has 2 atom stereocenters. The van der Waals surface area contributed by atoms with Crippen LogP contribution in [0.3, 0.4) is 0 Å². The van der Waals surface area contributed by atoms with Crippen LogP contribution in [0, 0.1) is 5.92 Å². The maximum absolute atomic E-state index is 9.83. The molecule has 0 spiro atoms. The van der Waals surface area contributed by atoms with Crippen LogP contribution in [-0.2, 0) is 5.60 Å². The highest BCUT2D eigenvalue weighted by atomic mass is 16.3. The molecule has 2 unspecified atom stereocenters. The van der Waals surface area contributed by atoms with Crippen molar-refractivity contribution in [1.29, 1.82) is 0 Å². The van der Waals surface area contributed by atoms with Gasteiger partial charge in [0.05, 0.1) is 6.20 Å². The molecule has 1 aliphatic rings. The van der Waals surface area contributed by atoms with Crippen LogP contribution in [0.25, 0.3) is 0 Å². The summed E-state index contributed by atoms with van der Waals surface area (Å²) in [6, 6.07) is 0. The van der Waals surface area contributed by atoms with Crippen molar-refractivity contribution in [2.45, 2.75) is 25.4 Å². The van der Waals surface area contributed by atoms with Gasteiger partial charge in [-0.25, -0.2) is 0 Å². The van der Waals surface area contributed by atoms with Crippen LogP contribution >= 0.6 is 0 Å². The molecule has 0 amide bonds. The summed E-state index contributed by atoms with van der Waals surface area (Å²) in [5.41, 5.74) is 0.0197. The van der Waals surface area contributed by atoms with E-state index in [0.29, 0.717) is 11.6 Å².